The molecule has 0 aliphatic carbocycles. The van der Waals surface area contributed by atoms with Crippen molar-refractivity contribution >= 4 is 23.4 Å². The Morgan fingerprint density at radius 1 is 1.20 bits per heavy atom. The van der Waals surface area contributed by atoms with Gasteiger partial charge in [0.1, 0.15) is 11.4 Å². The van der Waals surface area contributed by atoms with Crippen LogP contribution >= 0.6 is 0 Å². The molecule has 0 atom stereocenters. The molecule has 35 heavy (non-hydrogen) atoms. The van der Waals surface area contributed by atoms with Crippen LogP contribution in [-0.4, -0.2) is 74.7 Å². The summed E-state index contributed by atoms with van der Waals surface area (Å²) in [5.41, 5.74) is -0.311. The van der Waals surface area contributed by atoms with Crippen LogP contribution in [0.3, 0.4) is 0 Å². The molecule has 1 amide bonds. The summed E-state index contributed by atoms with van der Waals surface area (Å²) in [5, 5.41) is 10.1. The third-order valence-corrected chi connectivity index (χ3v) is 6.21. The Bertz CT molecular complexity index is 1000. The van der Waals surface area contributed by atoms with Crippen molar-refractivity contribution in [2.24, 2.45) is 5.92 Å². The number of halogens is 3. The number of alkyl halides is 3. The van der Waals surface area contributed by atoms with Gasteiger partial charge in [0.05, 0.1) is 17.9 Å². The molecular weight excluding hydrogens is 461 g/mol. The molecule has 2 fully saturated rings. The van der Waals surface area contributed by atoms with Crippen LogP contribution in [0.2, 0.25) is 0 Å². The van der Waals surface area contributed by atoms with E-state index in [0.717, 1.165) is 38.7 Å². The van der Waals surface area contributed by atoms with Crippen LogP contribution in [0.5, 0.6) is 0 Å². The van der Waals surface area contributed by atoms with Gasteiger partial charge in [0.2, 0.25) is 11.9 Å². The summed E-state index contributed by atoms with van der Waals surface area (Å²) in [6.45, 7) is 8.75. The third-order valence-electron chi connectivity index (χ3n) is 6.21. The lowest BCUT2D eigenvalue weighted by Gasteiger charge is -2.40. The van der Waals surface area contributed by atoms with Crippen molar-refractivity contribution in [2.45, 2.75) is 51.7 Å². The smallest absolute Gasteiger partial charge is 0.369 e. The van der Waals surface area contributed by atoms with E-state index in [-0.39, 0.29) is 30.3 Å². The highest BCUT2D eigenvalue weighted by molar-refractivity contribution is 5.76. The number of nitrogens with zero attached hydrogens (tertiary/aromatic N) is 6. The number of hydrogen-bond acceptors (Lipinski definition) is 7. The van der Waals surface area contributed by atoms with E-state index in [2.05, 4.69) is 44.4 Å². The van der Waals surface area contributed by atoms with Crippen molar-refractivity contribution in [1.82, 2.24) is 29.5 Å². The SMILES string of the molecule is CC(C)CN1CC(n2cc(Nc3ncc(C(F)(F)F)c(NCCCN4CCCCC4=O)n3)cn2)C1. The van der Waals surface area contributed by atoms with Crippen LogP contribution in [0.25, 0.3) is 0 Å². The van der Waals surface area contributed by atoms with Gasteiger partial charge in [-0.1, -0.05) is 13.8 Å². The van der Waals surface area contributed by atoms with Crippen LogP contribution in [0.15, 0.2) is 18.6 Å². The molecule has 4 rings (SSSR count). The summed E-state index contributed by atoms with van der Waals surface area (Å²) in [5.74, 6) is 0.491. The summed E-state index contributed by atoms with van der Waals surface area (Å²) in [6.07, 6.45) is 2.57. The van der Waals surface area contributed by atoms with Gasteiger partial charge in [-0.25, -0.2) is 4.98 Å². The topological polar surface area (TPSA) is 91.2 Å². The van der Waals surface area contributed by atoms with E-state index in [4.69, 9.17) is 0 Å². The molecule has 2 aliphatic heterocycles. The Morgan fingerprint density at radius 2 is 2.00 bits per heavy atom. The second kappa shape index (κ2) is 10.8. The summed E-state index contributed by atoms with van der Waals surface area (Å²) in [6, 6.07) is 0.279. The Balaban J connectivity index is 1.35. The average molecular weight is 495 g/mol. The van der Waals surface area contributed by atoms with Gasteiger partial charge in [0, 0.05) is 58.1 Å². The number of likely N-dealkylation sites (tertiary alicyclic amines) is 2. The standard InChI is InChI=1S/C23H33F3N8O/c1-16(2)12-32-14-18(15-32)34-13-17(10-29-34)30-22-28-11-19(23(24,25)26)21(31-22)27-7-5-9-33-8-4-3-6-20(33)35/h10-11,13,16,18H,3-9,12,14-15H2,1-2H3,(H2,27,28,30,31). The summed E-state index contributed by atoms with van der Waals surface area (Å²) >= 11 is 0. The highest BCUT2D eigenvalue weighted by atomic mass is 19.4. The number of carbonyl (C=O) groups is 1. The molecular formula is C23H33F3N8O. The van der Waals surface area contributed by atoms with E-state index in [1.165, 1.54) is 0 Å². The molecule has 192 valence electrons. The third kappa shape index (κ3) is 6.62. The lowest BCUT2D eigenvalue weighted by Crippen LogP contribution is -2.49. The molecule has 9 nitrogen and oxygen atoms in total. The number of carbonyl (C=O) groups excluding carboxylic acids is 1. The predicted octanol–water partition coefficient (Wildman–Crippen LogP) is 3.76. The molecule has 0 bridgehead atoms. The molecule has 0 aromatic carbocycles. The molecule has 0 radical (unpaired) electrons. The van der Waals surface area contributed by atoms with Crippen molar-refractivity contribution in [2.75, 3.05) is 49.9 Å². The quantitative estimate of drug-likeness (QED) is 0.486. The predicted molar refractivity (Wildman–Crippen MR) is 126 cm³/mol. The zero-order valence-electron chi connectivity index (χ0n) is 20.2. The number of aromatic nitrogens is 4. The molecule has 2 N–H and O–H groups in total. The number of hydrogen-bond donors (Lipinski definition) is 2. The van der Waals surface area contributed by atoms with Crippen molar-refractivity contribution in [3.05, 3.63) is 24.2 Å². The minimum atomic E-state index is -4.58. The van der Waals surface area contributed by atoms with E-state index in [1.54, 1.807) is 11.1 Å². The summed E-state index contributed by atoms with van der Waals surface area (Å²) in [4.78, 5) is 24.0. The van der Waals surface area contributed by atoms with E-state index in [0.29, 0.717) is 37.5 Å². The number of piperidine rings is 1. The monoisotopic (exact) mass is 494 g/mol. The van der Waals surface area contributed by atoms with Crippen LogP contribution in [0.4, 0.5) is 30.6 Å². The van der Waals surface area contributed by atoms with Gasteiger partial charge >= 0.3 is 6.18 Å². The van der Waals surface area contributed by atoms with Gasteiger partial charge in [-0.2, -0.15) is 23.3 Å². The fourth-order valence-electron chi connectivity index (χ4n) is 4.47. The summed E-state index contributed by atoms with van der Waals surface area (Å²) < 4.78 is 42.4. The maximum Gasteiger partial charge on any atom is 0.421 e. The minimum absolute atomic E-state index is 0.0568. The molecule has 12 heteroatoms. The fourth-order valence-corrected chi connectivity index (χ4v) is 4.47. The maximum absolute atomic E-state index is 13.5. The van der Waals surface area contributed by atoms with Gasteiger partial charge < -0.3 is 15.5 Å². The first kappa shape index (κ1) is 25.2. The normalized spacial score (nSPS) is 17.7. The van der Waals surface area contributed by atoms with E-state index in [9.17, 15) is 18.0 Å². The zero-order valence-corrected chi connectivity index (χ0v) is 20.2. The molecule has 0 unspecified atom stereocenters. The second-order valence-electron chi connectivity index (χ2n) is 9.67. The van der Waals surface area contributed by atoms with E-state index >= 15 is 0 Å². The molecule has 2 aromatic rings. The average Bonchev–Trinajstić information content (AvgIpc) is 3.21. The molecule has 0 spiro atoms. The first-order valence-electron chi connectivity index (χ1n) is 12.2. The first-order chi connectivity index (χ1) is 16.7. The lowest BCUT2D eigenvalue weighted by molar-refractivity contribution is -0.137. The van der Waals surface area contributed by atoms with Gasteiger partial charge in [-0.15, -0.1) is 0 Å². The number of rotatable bonds is 10. The summed E-state index contributed by atoms with van der Waals surface area (Å²) in [7, 11) is 0. The Hall–Kier alpha value is -2.89. The Morgan fingerprint density at radius 3 is 2.71 bits per heavy atom. The van der Waals surface area contributed by atoms with Crippen LogP contribution in [0.1, 0.15) is 51.1 Å². The minimum Gasteiger partial charge on any atom is -0.369 e. The zero-order chi connectivity index (χ0) is 25.0. The van der Waals surface area contributed by atoms with Crippen molar-refractivity contribution in [3.8, 4) is 0 Å². The van der Waals surface area contributed by atoms with Crippen LogP contribution in [0, 0.1) is 5.92 Å². The van der Waals surface area contributed by atoms with Gasteiger partial charge in [-0.3, -0.25) is 14.4 Å². The molecule has 2 aromatic heterocycles. The highest BCUT2D eigenvalue weighted by Gasteiger charge is 2.35. The van der Waals surface area contributed by atoms with E-state index in [1.807, 2.05) is 10.9 Å². The number of anilines is 3. The second-order valence-corrected chi connectivity index (χ2v) is 9.67. The Labute approximate surface area is 203 Å². The Kier molecular flexibility index (Phi) is 7.78. The lowest BCUT2D eigenvalue weighted by atomic mass is 10.1. The highest BCUT2D eigenvalue weighted by Crippen LogP contribution is 2.34. The van der Waals surface area contributed by atoms with Crippen molar-refractivity contribution in [3.63, 3.8) is 0 Å². The number of amides is 1. The van der Waals surface area contributed by atoms with Gasteiger partial charge in [0.25, 0.3) is 0 Å². The molecule has 2 aliphatic rings. The largest absolute Gasteiger partial charge is 0.421 e. The van der Waals surface area contributed by atoms with Crippen LogP contribution in [-0.2, 0) is 11.0 Å². The van der Waals surface area contributed by atoms with Gasteiger partial charge in [-0.05, 0) is 25.2 Å². The first-order valence-corrected chi connectivity index (χ1v) is 12.2. The van der Waals surface area contributed by atoms with E-state index < -0.39 is 11.7 Å². The van der Waals surface area contributed by atoms with Gasteiger partial charge in [0.15, 0.2) is 0 Å². The van der Waals surface area contributed by atoms with Crippen molar-refractivity contribution < 1.29 is 18.0 Å². The van der Waals surface area contributed by atoms with Crippen LogP contribution < -0.4 is 10.6 Å². The fraction of sp³-hybridized carbons (Fsp3) is 0.652. The molecule has 4 heterocycles. The number of nitrogens with one attached hydrogen (secondary N) is 2. The van der Waals surface area contributed by atoms with Crippen molar-refractivity contribution in [1.29, 1.82) is 0 Å². The maximum atomic E-state index is 13.5. The molecule has 2 saturated heterocycles. The molecule has 0 saturated carbocycles.